The first kappa shape index (κ1) is 13.2. The Morgan fingerprint density at radius 2 is 1.96 bits per heavy atom. The monoisotopic (exact) mass is 310 g/mol. The lowest BCUT2D eigenvalue weighted by Crippen LogP contribution is -2.24. The van der Waals surface area contributed by atoms with Crippen LogP contribution in [-0.4, -0.2) is 31.4 Å². The fourth-order valence-corrected chi connectivity index (χ4v) is 2.75. The molecule has 3 heterocycles. The van der Waals surface area contributed by atoms with E-state index < -0.39 is 17.4 Å². The number of nitrogens with one attached hydrogen (secondary N) is 1. The van der Waals surface area contributed by atoms with Crippen LogP contribution in [-0.2, 0) is 7.05 Å². The fourth-order valence-electron chi connectivity index (χ4n) is 2.75. The van der Waals surface area contributed by atoms with Crippen molar-refractivity contribution in [3.05, 3.63) is 45.7 Å². The lowest BCUT2D eigenvalue weighted by molar-refractivity contribution is 0.0880. The van der Waals surface area contributed by atoms with Crippen LogP contribution in [0.2, 0.25) is 0 Å². The summed E-state index contributed by atoms with van der Waals surface area (Å²) >= 11 is 0. The van der Waals surface area contributed by atoms with Crippen LogP contribution in [0.5, 0.6) is 0 Å². The molecule has 0 bridgehead atoms. The lowest BCUT2D eigenvalue weighted by Gasteiger charge is -2.12. The number of pyridine rings is 1. The summed E-state index contributed by atoms with van der Waals surface area (Å²) in [4.78, 5) is 36.0. The highest BCUT2D eigenvalue weighted by Crippen LogP contribution is 2.25. The normalized spacial score (nSPS) is 13.4. The fraction of sp³-hybridized carbons (Fsp3) is 0.0714. The number of imide groups is 1. The molecule has 114 valence electrons. The summed E-state index contributed by atoms with van der Waals surface area (Å²) in [5.41, 5.74) is 7.04. The summed E-state index contributed by atoms with van der Waals surface area (Å²) in [5.74, 6) is -1.35. The average Bonchev–Trinajstić information content (AvgIpc) is 3.01. The molecule has 9 heteroatoms. The number of nitrogens with two attached hydrogens (primary N) is 1. The van der Waals surface area contributed by atoms with Gasteiger partial charge in [-0.05, 0) is 12.1 Å². The highest BCUT2D eigenvalue weighted by atomic mass is 16.2. The first-order chi connectivity index (χ1) is 11.0. The van der Waals surface area contributed by atoms with Gasteiger partial charge in [0.15, 0.2) is 0 Å². The maximum Gasteiger partial charge on any atom is 0.262 e. The first-order valence-corrected chi connectivity index (χ1v) is 6.69. The molecular weight excluding hydrogens is 300 g/mol. The first-order valence-electron chi connectivity index (χ1n) is 6.69. The van der Waals surface area contributed by atoms with E-state index in [1.807, 2.05) is 0 Å². The number of rotatable bonds is 1. The van der Waals surface area contributed by atoms with E-state index in [4.69, 9.17) is 5.73 Å². The van der Waals surface area contributed by atoms with E-state index >= 15 is 0 Å². The second-order valence-electron chi connectivity index (χ2n) is 5.13. The number of carbonyl (C=O) groups is 2. The number of amides is 2. The van der Waals surface area contributed by atoms with E-state index in [-0.39, 0.29) is 16.9 Å². The molecule has 0 spiro atoms. The van der Waals surface area contributed by atoms with Gasteiger partial charge in [0.05, 0.1) is 22.3 Å². The third-order valence-corrected chi connectivity index (χ3v) is 3.82. The quantitative estimate of drug-likeness (QED) is 0.588. The minimum Gasteiger partial charge on any atom is -0.384 e. The van der Waals surface area contributed by atoms with E-state index in [0.717, 1.165) is 10.6 Å². The van der Waals surface area contributed by atoms with Crippen molar-refractivity contribution in [2.75, 3.05) is 5.73 Å². The molecule has 0 fully saturated rings. The predicted molar refractivity (Wildman–Crippen MR) is 80.3 cm³/mol. The van der Waals surface area contributed by atoms with Gasteiger partial charge in [-0.15, -0.1) is 5.10 Å². The largest absolute Gasteiger partial charge is 0.384 e. The summed E-state index contributed by atoms with van der Waals surface area (Å²) in [6.45, 7) is 0. The van der Waals surface area contributed by atoms with E-state index in [1.165, 1.54) is 0 Å². The Kier molecular flexibility index (Phi) is 2.44. The molecule has 0 saturated heterocycles. The Hall–Kier alpha value is -3.49. The summed E-state index contributed by atoms with van der Waals surface area (Å²) in [7, 11) is 1.72. The van der Waals surface area contributed by atoms with Crippen molar-refractivity contribution < 1.29 is 9.59 Å². The van der Waals surface area contributed by atoms with Crippen molar-refractivity contribution in [3.63, 3.8) is 0 Å². The van der Waals surface area contributed by atoms with Gasteiger partial charge in [0, 0.05) is 13.1 Å². The van der Waals surface area contributed by atoms with Gasteiger partial charge in [0.1, 0.15) is 11.3 Å². The Morgan fingerprint density at radius 3 is 2.74 bits per heavy atom. The van der Waals surface area contributed by atoms with Gasteiger partial charge in [-0.3, -0.25) is 24.3 Å². The number of aromatic nitrogens is 4. The number of nitrogens with zero attached hydrogens (tertiary/aromatic N) is 4. The lowest BCUT2D eigenvalue weighted by atomic mass is 10.1. The molecule has 9 nitrogen and oxygen atoms in total. The van der Waals surface area contributed by atoms with Crippen LogP contribution < -0.4 is 16.6 Å². The zero-order chi connectivity index (χ0) is 16.3. The smallest absolute Gasteiger partial charge is 0.262 e. The van der Waals surface area contributed by atoms with Crippen LogP contribution in [0, 0.1) is 0 Å². The molecular formula is C14H10N6O3. The van der Waals surface area contributed by atoms with Crippen molar-refractivity contribution in [1.82, 2.24) is 24.9 Å². The Morgan fingerprint density at radius 1 is 1.17 bits per heavy atom. The van der Waals surface area contributed by atoms with Crippen LogP contribution in [0.3, 0.4) is 0 Å². The van der Waals surface area contributed by atoms with Gasteiger partial charge in [-0.1, -0.05) is 11.3 Å². The highest BCUT2D eigenvalue weighted by Gasteiger charge is 2.32. The second kappa shape index (κ2) is 4.26. The number of hydrogen-bond donors (Lipinski definition) is 2. The number of aryl methyl sites for hydroxylation is 1. The summed E-state index contributed by atoms with van der Waals surface area (Å²) in [6.07, 6.45) is 0. The van der Waals surface area contributed by atoms with Gasteiger partial charge in [0.2, 0.25) is 0 Å². The van der Waals surface area contributed by atoms with Crippen molar-refractivity contribution in [3.8, 4) is 5.69 Å². The molecule has 23 heavy (non-hydrogen) atoms. The van der Waals surface area contributed by atoms with Crippen LogP contribution in [0.15, 0.2) is 29.1 Å². The van der Waals surface area contributed by atoms with Crippen molar-refractivity contribution >= 4 is 28.7 Å². The average molecular weight is 310 g/mol. The van der Waals surface area contributed by atoms with Gasteiger partial charge in [0.25, 0.3) is 17.4 Å². The Bertz CT molecular complexity index is 1080. The maximum absolute atomic E-state index is 12.4. The topological polar surface area (TPSA) is 125 Å². The van der Waals surface area contributed by atoms with Gasteiger partial charge >= 0.3 is 0 Å². The Balaban J connectivity index is 2.11. The number of carbonyl (C=O) groups excluding carboxylic acids is 2. The van der Waals surface area contributed by atoms with Crippen molar-refractivity contribution in [2.24, 2.45) is 7.05 Å². The molecule has 0 atom stereocenters. The van der Waals surface area contributed by atoms with Crippen molar-refractivity contribution in [1.29, 1.82) is 0 Å². The minimum absolute atomic E-state index is 0.00417. The molecule has 3 aromatic rings. The van der Waals surface area contributed by atoms with Crippen LogP contribution in [0.25, 0.3) is 16.7 Å². The molecule has 1 aliphatic heterocycles. The molecule has 4 rings (SSSR count). The van der Waals surface area contributed by atoms with Gasteiger partial charge in [-0.2, -0.15) is 0 Å². The van der Waals surface area contributed by atoms with E-state index in [2.05, 4.69) is 15.6 Å². The summed E-state index contributed by atoms with van der Waals surface area (Å²) in [6, 6.07) is 6.27. The zero-order valence-electron chi connectivity index (χ0n) is 11.9. The summed E-state index contributed by atoms with van der Waals surface area (Å²) in [5, 5.41) is 10.1. The van der Waals surface area contributed by atoms with Crippen LogP contribution in [0.1, 0.15) is 20.7 Å². The van der Waals surface area contributed by atoms with Gasteiger partial charge < -0.3 is 5.73 Å². The number of hydrogen-bond acceptors (Lipinski definition) is 6. The number of fused-ring (bicyclic) bond motifs is 2. The van der Waals surface area contributed by atoms with Crippen LogP contribution >= 0.6 is 0 Å². The molecule has 0 unspecified atom stereocenters. The third-order valence-electron chi connectivity index (χ3n) is 3.82. The predicted octanol–water partition coefficient (Wildman–Crippen LogP) is -0.415. The van der Waals surface area contributed by atoms with Crippen molar-refractivity contribution in [2.45, 2.75) is 0 Å². The molecule has 1 aromatic carbocycles. The molecule has 1 aliphatic rings. The SMILES string of the molecule is Cn1nnc2c(-n3c(N)c4c(cc3=O)C(=O)NC4=O)cccc21. The second-order valence-corrected chi connectivity index (χ2v) is 5.13. The van der Waals surface area contributed by atoms with E-state index in [1.54, 1.807) is 29.9 Å². The molecule has 2 amide bonds. The maximum atomic E-state index is 12.4. The van der Waals surface area contributed by atoms with E-state index in [0.29, 0.717) is 16.7 Å². The van der Waals surface area contributed by atoms with Gasteiger partial charge in [-0.25, -0.2) is 4.68 Å². The minimum atomic E-state index is -0.626. The molecule has 0 aliphatic carbocycles. The molecule has 0 saturated carbocycles. The summed E-state index contributed by atoms with van der Waals surface area (Å²) < 4.78 is 2.72. The third kappa shape index (κ3) is 1.64. The zero-order valence-corrected chi connectivity index (χ0v) is 11.9. The van der Waals surface area contributed by atoms with Crippen LogP contribution in [0.4, 0.5) is 5.82 Å². The standard InChI is InChI=1S/C14H10N6O3/c1-19-7-3-2-4-8(11(7)17-18-19)20-9(21)5-6-10(12(20)15)14(23)16-13(6)22/h2-5H,15H2,1H3,(H,16,22,23). The molecule has 3 N–H and O–H groups in total. The number of benzene rings is 1. The number of anilines is 1. The highest BCUT2D eigenvalue weighted by molar-refractivity contribution is 6.23. The molecule has 0 radical (unpaired) electrons. The Labute approximate surface area is 128 Å². The number of nitrogen functional groups attached to an aromatic ring is 1. The van der Waals surface area contributed by atoms with E-state index in [9.17, 15) is 14.4 Å². The molecule has 2 aromatic heterocycles.